The molecule has 0 aliphatic heterocycles. The van der Waals surface area contributed by atoms with Gasteiger partial charge in [0.25, 0.3) is 0 Å². The Kier molecular flexibility index (Phi) is 13.1. The molecule has 4 rings (SSSR count). The Labute approximate surface area is 233 Å². The zero-order chi connectivity index (χ0) is 18.8. The predicted octanol–water partition coefficient (Wildman–Crippen LogP) is -1.24. The van der Waals surface area contributed by atoms with Crippen molar-refractivity contribution < 1.29 is 35.0 Å². The molecule has 11 heteroatoms. The first-order valence-corrected chi connectivity index (χ1v) is 10.1. The molecule has 0 spiro atoms. The third-order valence-electron chi connectivity index (χ3n) is 3.50. The average molecular weight is 799 g/mol. The minimum Gasteiger partial charge on any atom is -1.00 e. The minimum absolute atomic E-state index is 0. The van der Waals surface area contributed by atoms with Crippen LogP contribution in [0.15, 0.2) is 48.8 Å². The summed E-state index contributed by atoms with van der Waals surface area (Å²) in [6.45, 7) is 0. The molecule has 4 nitrogen and oxygen atoms in total. The van der Waals surface area contributed by atoms with Gasteiger partial charge < -0.3 is 35.0 Å². The molecule has 2 aromatic heterocycles. The molecule has 2 heterocycles. The van der Waals surface area contributed by atoms with Gasteiger partial charge in [-0.05, 0) is 81.6 Å². The smallest absolute Gasteiger partial charge is 1.00 e. The molecule has 0 radical (unpaired) electrons. The Hall–Kier alpha value is 0.279. The van der Waals surface area contributed by atoms with Crippen LogP contribution in [0.4, 0.5) is 0 Å². The maximum absolute atomic E-state index is 11.6. The fraction of sp³-hybridized carbons (Fsp3) is 0. The van der Waals surface area contributed by atoms with E-state index >= 15 is 0 Å². The molecule has 0 N–H and O–H groups in total. The van der Waals surface area contributed by atoms with E-state index in [9.17, 15) is 10.2 Å². The summed E-state index contributed by atoms with van der Waals surface area (Å²) in [5.74, 6) is -0.110. The number of benzene rings is 2. The zero-order valence-electron chi connectivity index (χ0n) is 14.1. The van der Waals surface area contributed by atoms with Gasteiger partial charge in [0.15, 0.2) is 0 Å². The molecule has 0 bridgehead atoms. The van der Waals surface area contributed by atoms with Crippen molar-refractivity contribution in [3.8, 4) is 11.5 Å². The Morgan fingerprint density at radius 1 is 0.724 bits per heavy atom. The maximum atomic E-state index is 11.6. The molecule has 0 unspecified atom stereocenters. The number of fused-ring (bicyclic) bond motifs is 2. The number of hydrogen-bond acceptors (Lipinski definition) is 4. The molecule has 0 saturated heterocycles. The second-order valence-corrected chi connectivity index (χ2v) is 8.28. The Morgan fingerprint density at radius 3 is 1.41 bits per heavy atom. The number of rotatable bonds is 0. The number of aromatic nitrogens is 2. The van der Waals surface area contributed by atoms with Gasteiger partial charge in [-0.1, -0.05) is 34.7 Å². The molecule has 0 saturated carbocycles. The SMILES string of the molecule is [Cl-].[Cl-].[O-]c1c(I)cc(Cl)c2cccnc12.[O-]c1c(I)cc(Cl)c2cccnc12.[Sn+4]. The van der Waals surface area contributed by atoms with E-state index in [0.29, 0.717) is 28.2 Å². The topological polar surface area (TPSA) is 71.9 Å². The summed E-state index contributed by atoms with van der Waals surface area (Å²) in [6.07, 6.45) is 3.19. The van der Waals surface area contributed by atoms with E-state index in [-0.39, 0.29) is 60.2 Å². The molecule has 2 aromatic carbocycles. The Bertz CT molecular complexity index is 1050. The predicted molar refractivity (Wildman–Crippen MR) is 124 cm³/mol. The van der Waals surface area contributed by atoms with Gasteiger partial charge in [0, 0.05) is 30.3 Å². The number of nitrogens with zero attached hydrogens (tertiary/aromatic N) is 2. The average Bonchev–Trinajstić information content (AvgIpc) is 2.65. The van der Waals surface area contributed by atoms with Crippen LogP contribution in [0.1, 0.15) is 0 Å². The molecule has 0 aliphatic rings. The van der Waals surface area contributed by atoms with E-state index < -0.39 is 0 Å². The van der Waals surface area contributed by atoms with Crippen molar-refractivity contribution in [1.82, 2.24) is 9.97 Å². The second kappa shape index (κ2) is 13.0. The molecule has 148 valence electrons. The fourth-order valence-electron chi connectivity index (χ4n) is 2.29. The number of halogens is 6. The molecule has 0 fully saturated rings. The van der Waals surface area contributed by atoms with E-state index in [2.05, 4.69) is 9.97 Å². The van der Waals surface area contributed by atoms with Crippen LogP contribution in [-0.2, 0) is 0 Å². The van der Waals surface area contributed by atoms with Crippen LogP contribution < -0.4 is 35.0 Å². The van der Waals surface area contributed by atoms with Gasteiger partial charge in [-0.2, -0.15) is 0 Å². The quantitative estimate of drug-likeness (QED) is 0.165. The summed E-state index contributed by atoms with van der Waals surface area (Å²) < 4.78 is 1.21. The van der Waals surface area contributed by atoms with Crippen molar-refractivity contribution in [2.45, 2.75) is 0 Å². The van der Waals surface area contributed by atoms with Crippen LogP contribution >= 0.6 is 68.4 Å². The van der Waals surface area contributed by atoms with Crippen molar-refractivity contribution in [1.29, 1.82) is 0 Å². The van der Waals surface area contributed by atoms with Gasteiger partial charge in [-0.25, -0.2) is 0 Å². The van der Waals surface area contributed by atoms with E-state index in [1.165, 1.54) is 0 Å². The second-order valence-electron chi connectivity index (χ2n) is 5.14. The van der Waals surface area contributed by atoms with Crippen LogP contribution in [0.25, 0.3) is 21.8 Å². The van der Waals surface area contributed by atoms with Crippen molar-refractivity contribution in [3.63, 3.8) is 0 Å². The van der Waals surface area contributed by atoms with Crippen molar-refractivity contribution in [2.75, 3.05) is 0 Å². The van der Waals surface area contributed by atoms with Crippen molar-refractivity contribution >= 4 is 114 Å². The van der Waals surface area contributed by atoms with Crippen LogP contribution in [0.2, 0.25) is 10.0 Å². The van der Waals surface area contributed by atoms with Gasteiger partial charge in [-0.15, -0.1) is 0 Å². The van der Waals surface area contributed by atoms with Crippen molar-refractivity contribution in [2.24, 2.45) is 0 Å². The summed E-state index contributed by atoms with van der Waals surface area (Å²) in [6, 6.07) is 10.4. The number of hydrogen-bond donors (Lipinski definition) is 0. The van der Waals surface area contributed by atoms with E-state index in [1.54, 1.807) is 48.8 Å². The van der Waals surface area contributed by atoms with Gasteiger partial charge in [-0.3, -0.25) is 9.97 Å². The summed E-state index contributed by atoms with van der Waals surface area (Å²) in [4.78, 5) is 8.00. The molecule has 29 heavy (non-hydrogen) atoms. The van der Waals surface area contributed by atoms with E-state index in [4.69, 9.17) is 23.2 Å². The molecule has 0 amide bonds. The molecular weight excluding hydrogens is 791 g/mol. The fourth-order valence-corrected chi connectivity index (χ4v) is 4.32. The van der Waals surface area contributed by atoms with Crippen LogP contribution in [0.3, 0.4) is 0 Å². The molecule has 0 atom stereocenters. The molecule has 4 aromatic rings. The van der Waals surface area contributed by atoms with Crippen LogP contribution in [0.5, 0.6) is 11.5 Å². The van der Waals surface area contributed by atoms with E-state index in [1.807, 2.05) is 45.2 Å². The van der Waals surface area contributed by atoms with Gasteiger partial charge in [0.2, 0.25) is 0 Å². The Balaban J connectivity index is 0.000000490. The summed E-state index contributed by atoms with van der Waals surface area (Å²) in [7, 11) is 0. The number of pyridine rings is 2. The zero-order valence-corrected chi connectivity index (χ0v) is 24.3. The van der Waals surface area contributed by atoms with E-state index in [0.717, 1.165) is 10.8 Å². The third-order valence-corrected chi connectivity index (χ3v) is 5.73. The monoisotopic (exact) mass is 798 g/mol. The normalized spacial score (nSPS) is 9.52. The van der Waals surface area contributed by atoms with Crippen LogP contribution in [-0.4, -0.2) is 33.9 Å². The molecular formula is C18H8Cl4I2N2O2Sn. The first kappa shape index (κ1) is 29.3. The first-order chi connectivity index (χ1) is 12.4. The standard InChI is InChI=1S/2C9H5ClINO.2ClH.Sn/c2*10-6-4-7(11)9(13)8-5(6)2-1-3-12-8;;;/h2*1-4,13H;2*1H;/q;;;;+4/p-4. The summed E-state index contributed by atoms with van der Waals surface area (Å²) in [5, 5.41) is 25.7. The first-order valence-electron chi connectivity index (χ1n) is 7.19. The van der Waals surface area contributed by atoms with Gasteiger partial charge >= 0.3 is 23.9 Å². The van der Waals surface area contributed by atoms with Crippen molar-refractivity contribution in [3.05, 3.63) is 66.0 Å². The third kappa shape index (κ3) is 6.63. The van der Waals surface area contributed by atoms with Gasteiger partial charge in [0.05, 0.1) is 21.1 Å². The largest absolute Gasteiger partial charge is 4.00 e. The van der Waals surface area contributed by atoms with Crippen LogP contribution in [0, 0.1) is 7.14 Å². The summed E-state index contributed by atoms with van der Waals surface area (Å²) in [5.41, 5.74) is 0.888. The maximum Gasteiger partial charge on any atom is 4.00 e. The minimum atomic E-state index is -0.0550. The Morgan fingerprint density at radius 2 is 1.07 bits per heavy atom. The summed E-state index contributed by atoms with van der Waals surface area (Å²) >= 11 is 15.8. The molecule has 0 aliphatic carbocycles. The van der Waals surface area contributed by atoms with Gasteiger partial charge in [0.1, 0.15) is 0 Å².